The molecule has 114 valence electrons. The molecule has 0 aromatic heterocycles. The van der Waals surface area contributed by atoms with Crippen LogP contribution in [0.2, 0.25) is 0 Å². The average Bonchev–Trinajstić information content (AvgIpc) is 2.39. The molecule has 2 heteroatoms. The average molecular weight is 286 g/mol. The van der Waals surface area contributed by atoms with Crippen LogP contribution >= 0.6 is 0 Å². The lowest BCUT2D eigenvalue weighted by molar-refractivity contribution is 0.0784. The molecular formula is C19H26O2. The van der Waals surface area contributed by atoms with Crippen molar-refractivity contribution in [3.8, 4) is 0 Å². The summed E-state index contributed by atoms with van der Waals surface area (Å²) in [5, 5.41) is 19.0. The van der Waals surface area contributed by atoms with Gasteiger partial charge in [-0.05, 0) is 38.8 Å². The van der Waals surface area contributed by atoms with Gasteiger partial charge in [0.25, 0.3) is 0 Å². The Morgan fingerprint density at radius 3 is 1.48 bits per heavy atom. The Labute approximate surface area is 128 Å². The van der Waals surface area contributed by atoms with Crippen molar-refractivity contribution in [2.75, 3.05) is 0 Å². The molecule has 0 aliphatic carbocycles. The van der Waals surface area contributed by atoms with Gasteiger partial charge >= 0.3 is 0 Å². The minimum Gasteiger partial charge on any atom is -0.390 e. The Morgan fingerprint density at radius 2 is 1.14 bits per heavy atom. The lowest BCUT2D eigenvalue weighted by Gasteiger charge is -2.16. The van der Waals surface area contributed by atoms with Crippen LogP contribution in [-0.4, -0.2) is 15.8 Å². The zero-order valence-electron chi connectivity index (χ0n) is 13.4. The maximum atomic E-state index is 9.49. The van der Waals surface area contributed by atoms with Gasteiger partial charge in [0.05, 0.1) is 11.2 Å². The fraction of sp³-hybridized carbons (Fsp3) is 0.368. The van der Waals surface area contributed by atoms with Crippen LogP contribution < -0.4 is 0 Å². The first-order chi connectivity index (χ1) is 9.68. The number of benzene rings is 2. The van der Waals surface area contributed by atoms with Gasteiger partial charge in [-0.25, -0.2) is 0 Å². The van der Waals surface area contributed by atoms with Crippen molar-refractivity contribution in [1.82, 2.24) is 0 Å². The molecule has 0 heterocycles. The summed E-state index contributed by atoms with van der Waals surface area (Å²) in [4.78, 5) is 0. The maximum absolute atomic E-state index is 9.49. The van der Waals surface area contributed by atoms with E-state index in [4.69, 9.17) is 0 Å². The molecule has 0 aliphatic heterocycles. The van der Waals surface area contributed by atoms with E-state index in [9.17, 15) is 10.2 Å². The normalized spacial score (nSPS) is 11.5. The van der Waals surface area contributed by atoms with Crippen molar-refractivity contribution in [2.24, 2.45) is 0 Å². The van der Waals surface area contributed by atoms with Crippen LogP contribution in [0.5, 0.6) is 0 Å². The molecule has 0 atom stereocenters. The Kier molecular flexibility index (Phi) is 6.13. The summed E-state index contributed by atoms with van der Waals surface area (Å²) >= 11 is 0. The predicted molar refractivity (Wildman–Crippen MR) is 88.1 cm³/mol. The molecule has 0 aliphatic rings. The highest BCUT2D eigenvalue weighted by Gasteiger charge is 2.14. The first-order valence-electron chi connectivity index (χ1n) is 7.23. The van der Waals surface area contributed by atoms with E-state index in [1.54, 1.807) is 13.8 Å². The molecule has 2 aromatic rings. The van der Waals surface area contributed by atoms with E-state index >= 15 is 0 Å². The zero-order chi connectivity index (χ0) is 15.9. The molecule has 2 N–H and O–H groups in total. The lowest BCUT2D eigenvalue weighted by atomic mass is 9.99. The molecule has 0 fully saturated rings. The largest absolute Gasteiger partial charge is 0.390 e. The van der Waals surface area contributed by atoms with Gasteiger partial charge in [0.1, 0.15) is 0 Å². The third kappa shape index (κ3) is 7.64. The maximum Gasteiger partial charge on any atom is 0.0840 e. The van der Waals surface area contributed by atoms with Crippen LogP contribution in [-0.2, 0) is 12.0 Å². The molecule has 0 unspecified atom stereocenters. The molecule has 0 radical (unpaired) electrons. The summed E-state index contributed by atoms with van der Waals surface area (Å²) in [6, 6.07) is 19.6. The Morgan fingerprint density at radius 1 is 0.714 bits per heavy atom. The van der Waals surface area contributed by atoms with E-state index in [1.165, 1.54) is 5.56 Å². The summed E-state index contributed by atoms with van der Waals surface area (Å²) in [7, 11) is 0. The summed E-state index contributed by atoms with van der Waals surface area (Å²) in [5.41, 5.74) is 0.831. The van der Waals surface area contributed by atoms with Crippen molar-refractivity contribution < 1.29 is 10.2 Å². The van der Waals surface area contributed by atoms with Gasteiger partial charge in [0.15, 0.2) is 0 Å². The van der Waals surface area contributed by atoms with E-state index in [1.807, 2.05) is 74.5 Å². The van der Waals surface area contributed by atoms with Crippen LogP contribution in [0.1, 0.15) is 38.8 Å². The number of rotatable bonds is 3. The van der Waals surface area contributed by atoms with E-state index in [0.717, 1.165) is 5.56 Å². The number of hydrogen-bond acceptors (Lipinski definition) is 2. The van der Waals surface area contributed by atoms with E-state index in [-0.39, 0.29) is 0 Å². The Hall–Kier alpha value is -1.64. The molecule has 0 saturated carbocycles. The smallest absolute Gasteiger partial charge is 0.0840 e. The standard InChI is InChI=1S/C10H14O.C9H12O/c1-10(2,11)8-9-6-4-3-5-7-9;1-9(2,10)8-6-4-3-5-7-8/h3-7,11H,8H2,1-2H3;3-7,10H,1-2H3. The Bertz CT molecular complexity index is 505. The van der Waals surface area contributed by atoms with Gasteiger partial charge < -0.3 is 10.2 Å². The molecule has 2 nitrogen and oxygen atoms in total. The highest BCUT2D eigenvalue weighted by atomic mass is 16.3. The fourth-order valence-electron chi connectivity index (χ4n) is 1.94. The minimum atomic E-state index is -0.707. The zero-order valence-corrected chi connectivity index (χ0v) is 13.4. The monoisotopic (exact) mass is 286 g/mol. The second-order valence-electron chi connectivity index (χ2n) is 6.40. The second kappa shape index (κ2) is 7.39. The molecule has 2 aromatic carbocycles. The van der Waals surface area contributed by atoms with Crippen molar-refractivity contribution in [2.45, 2.75) is 45.3 Å². The van der Waals surface area contributed by atoms with E-state index < -0.39 is 11.2 Å². The highest BCUT2D eigenvalue weighted by molar-refractivity contribution is 5.20. The second-order valence-corrected chi connectivity index (χ2v) is 6.40. The van der Waals surface area contributed by atoms with Gasteiger partial charge in [-0.1, -0.05) is 60.7 Å². The topological polar surface area (TPSA) is 40.5 Å². The molecule has 0 bridgehead atoms. The molecule has 0 saturated heterocycles. The number of aliphatic hydroxyl groups is 2. The summed E-state index contributed by atoms with van der Waals surface area (Å²) in [6.45, 7) is 7.20. The van der Waals surface area contributed by atoms with Gasteiger partial charge in [0.2, 0.25) is 0 Å². The summed E-state index contributed by atoms with van der Waals surface area (Å²) < 4.78 is 0. The van der Waals surface area contributed by atoms with Crippen LogP contribution in [0.25, 0.3) is 0 Å². The van der Waals surface area contributed by atoms with Gasteiger partial charge in [-0.2, -0.15) is 0 Å². The van der Waals surface area contributed by atoms with Crippen LogP contribution in [0.3, 0.4) is 0 Å². The van der Waals surface area contributed by atoms with Crippen LogP contribution in [0, 0.1) is 0 Å². The molecule has 2 rings (SSSR count). The quantitative estimate of drug-likeness (QED) is 0.898. The molecule has 21 heavy (non-hydrogen) atoms. The van der Waals surface area contributed by atoms with Crippen molar-refractivity contribution in [1.29, 1.82) is 0 Å². The highest BCUT2D eigenvalue weighted by Crippen LogP contribution is 2.17. The van der Waals surface area contributed by atoms with Gasteiger partial charge in [-0.15, -0.1) is 0 Å². The van der Waals surface area contributed by atoms with E-state index in [2.05, 4.69) is 0 Å². The fourth-order valence-corrected chi connectivity index (χ4v) is 1.94. The summed E-state index contributed by atoms with van der Waals surface area (Å²) in [5.74, 6) is 0. The summed E-state index contributed by atoms with van der Waals surface area (Å²) in [6.07, 6.45) is 0.716. The Balaban J connectivity index is 0.000000211. The van der Waals surface area contributed by atoms with Gasteiger partial charge in [0, 0.05) is 6.42 Å². The van der Waals surface area contributed by atoms with Crippen LogP contribution in [0.15, 0.2) is 60.7 Å². The number of hydrogen-bond donors (Lipinski definition) is 2. The first kappa shape index (κ1) is 17.4. The van der Waals surface area contributed by atoms with E-state index in [0.29, 0.717) is 6.42 Å². The first-order valence-corrected chi connectivity index (χ1v) is 7.23. The minimum absolute atomic E-state index is 0.596. The SMILES string of the molecule is CC(C)(O)Cc1ccccc1.CC(C)(O)c1ccccc1. The van der Waals surface area contributed by atoms with Crippen molar-refractivity contribution in [3.05, 3.63) is 71.8 Å². The van der Waals surface area contributed by atoms with Crippen LogP contribution in [0.4, 0.5) is 0 Å². The lowest BCUT2D eigenvalue weighted by Crippen LogP contribution is -2.21. The van der Waals surface area contributed by atoms with Crippen molar-refractivity contribution in [3.63, 3.8) is 0 Å². The predicted octanol–water partition coefficient (Wildman–Crippen LogP) is 3.91. The molecule has 0 spiro atoms. The third-order valence-corrected chi connectivity index (χ3v) is 2.96. The van der Waals surface area contributed by atoms with Gasteiger partial charge in [-0.3, -0.25) is 0 Å². The third-order valence-electron chi connectivity index (χ3n) is 2.96. The molecular weight excluding hydrogens is 260 g/mol. The molecule has 0 amide bonds. The van der Waals surface area contributed by atoms with Crippen molar-refractivity contribution >= 4 is 0 Å².